The zero-order chi connectivity index (χ0) is 19.1. The summed E-state index contributed by atoms with van der Waals surface area (Å²) in [5.41, 5.74) is 2.70. The number of benzene rings is 1. The Balaban J connectivity index is 1.55. The number of rotatable bonds is 7. The van der Waals surface area contributed by atoms with Crippen molar-refractivity contribution in [3.8, 4) is 11.5 Å². The van der Waals surface area contributed by atoms with Crippen LogP contribution in [0.1, 0.15) is 43.7 Å². The number of hydrogen-bond donors (Lipinski definition) is 2. The van der Waals surface area contributed by atoms with E-state index in [1.807, 2.05) is 0 Å². The molecule has 27 heavy (non-hydrogen) atoms. The van der Waals surface area contributed by atoms with Crippen molar-refractivity contribution in [2.24, 2.45) is 4.99 Å². The molecule has 1 fully saturated rings. The number of methoxy groups -OCH3 is 2. The van der Waals surface area contributed by atoms with Crippen molar-refractivity contribution < 1.29 is 9.47 Å². The molecule has 0 radical (unpaired) electrons. The summed E-state index contributed by atoms with van der Waals surface area (Å²) in [5, 5.41) is 6.97. The molecule has 1 heterocycles. The van der Waals surface area contributed by atoms with Gasteiger partial charge in [0.25, 0.3) is 0 Å². The van der Waals surface area contributed by atoms with E-state index in [0.717, 1.165) is 56.6 Å². The van der Waals surface area contributed by atoms with E-state index in [0.29, 0.717) is 6.04 Å². The van der Waals surface area contributed by atoms with Gasteiger partial charge < -0.3 is 20.1 Å². The Bertz CT molecular complexity index is 641. The second-order valence-corrected chi connectivity index (χ2v) is 7.39. The van der Waals surface area contributed by atoms with Gasteiger partial charge in [-0.25, -0.2) is 0 Å². The summed E-state index contributed by atoms with van der Waals surface area (Å²) in [6, 6.07) is 4.83. The topological polar surface area (TPSA) is 58.1 Å². The molecule has 0 unspecified atom stereocenters. The number of nitrogens with one attached hydrogen (secondary N) is 2. The summed E-state index contributed by atoms with van der Waals surface area (Å²) >= 11 is 0. The quantitative estimate of drug-likeness (QED) is 0.567. The number of nitrogens with zero attached hydrogens (tertiary/aromatic N) is 2. The molecular weight excluding hydrogens is 340 g/mol. The number of hydrogen-bond acceptors (Lipinski definition) is 4. The summed E-state index contributed by atoms with van der Waals surface area (Å²) in [6.07, 6.45) is 6.23. The monoisotopic (exact) mass is 374 g/mol. The first-order chi connectivity index (χ1) is 13.2. The van der Waals surface area contributed by atoms with Crippen LogP contribution in [-0.4, -0.2) is 57.3 Å². The molecule has 1 saturated carbocycles. The Labute approximate surface area is 163 Å². The van der Waals surface area contributed by atoms with Crippen molar-refractivity contribution in [1.82, 2.24) is 15.5 Å². The minimum Gasteiger partial charge on any atom is -0.493 e. The van der Waals surface area contributed by atoms with E-state index in [-0.39, 0.29) is 0 Å². The van der Waals surface area contributed by atoms with Crippen molar-refractivity contribution in [2.75, 3.05) is 40.4 Å². The third-order valence-electron chi connectivity index (χ3n) is 5.52. The molecule has 0 bridgehead atoms. The maximum Gasteiger partial charge on any atom is 0.191 e. The Morgan fingerprint density at radius 1 is 1.15 bits per heavy atom. The van der Waals surface area contributed by atoms with Crippen molar-refractivity contribution in [2.45, 2.75) is 51.6 Å². The van der Waals surface area contributed by atoms with Crippen LogP contribution in [0.3, 0.4) is 0 Å². The van der Waals surface area contributed by atoms with E-state index >= 15 is 0 Å². The highest BCUT2D eigenvalue weighted by atomic mass is 16.5. The van der Waals surface area contributed by atoms with E-state index in [1.54, 1.807) is 14.2 Å². The van der Waals surface area contributed by atoms with Crippen LogP contribution in [0.2, 0.25) is 0 Å². The van der Waals surface area contributed by atoms with Crippen LogP contribution in [0.4, 0.5) is 0 Å². The van der Waals surface area contributed by atoms with Crippen molar-refractivity contribution >= 4 is 5.96 Å². The van der Waals surface area contributed by atoms with E-state index < -0.39 is 0 Å². The Kier molecular flexibility index (Phi) is 7.21. The molecule has 6 heteroatoms. The lowest BCUT2D eigenvalue weighted by molar-refractivity contribution is 0.260. The summed E-state index contributed by atoms with van der Waals surface area (Å²) < 4.78 is 10.9. The molecule has 1 aliphatic carbocycles. The zero-order valence-electron chi connectivity index (χ0n) is 17.0. The van der Waals surface area contributed by atoms with Gasteiger partial charge in [0.15, 0.2) is 17.5 Å². The third kappa shape index (κ3) is 5.28. The Morgan fingerprint density at radius 2 is 1.85 bits per heavy atom. The molecule has 3 rings (SSSR count). The standard InChI is InChI=1S/C21H34N4O2/c1-4-22-21(24-18-7-5-6-8-18)23-10-12-25-11-9-16-13-19(26-2)20(27-3)14-17(16)15-25/h13-14,18H,4-12,15H2,1-3H3,(H2,22,23,24). The predicted molar refractivity (Wildman–Crippen MR) is 110 cm³/mol. The Hall–Kier alpha value is -1.95. The molecule has 6 nitrogen and oxygen atoms in total. The third-order valence-corrected chi connectivity index (χ3v) is 5.52. The first kappa shape index (κ1) is 19.8. The molecule has 0 saturated heterocycles. The molecule has 1 aromatic carbocycles. The van der Waals surface area contributed by atoms with Crippen molar-refractivity contribution in [3.05, 3.63) is 23.3 Å². The van der Waals surface area contributed by atoms with Gasteiger partial charge in [-0.3, -0.25) is 9.89 Å². The first-order valence-corrected chi connectivity index (χ1v) is 10.2. The number of aliphatic imine (C=N–C) groups is 1. The normalized spacial score (nSPS) is 18.3. The number of guanidine groups is 1. The van der Waals surface area contributed by atoms with Crippen LogP contribution in [0.15, 0.2) is 17.1 Å². The average molecular weight is 375 g/mol. The van der Waals surface area contributed by atoms with Crippen LogP contribution < -0.4 is 20.1 Å². The summed E-state index contributed by atoms with van der Waals surface area (Å²) in [6.45, 7) is 6.80. The molecule has 0 amide bonds. The number of fused-ring (bicyclic) bond motifs is 1. The van der Waals surface area contributed by atoms with Crippen LogP contribution in [0.25, 0.3) is 0 Å². The van der Waals surface area contributed by atoms with Gasteiger partial charge in [0, 0.05) is 32.2 Å². The van der Waals surface area contributed by atoms with Gasteiger partial charge in [0.2, 0.25) is 0 Å². The SMILES string of the molecule is CCNC(=NCCN1CCc2cc(OC)c(OC)cc2C1)NC1CCCC1. The van der Waals surface area contributed by atoms with Gasteiger partial charge in [0.1, 0.15) is 0 Å². The first-order valence-electron chi connectivity index (χ1n) is 10.2. The zero-order valence-corrected chi connectivity index (χ0v) is 17.0. The van der Waals surface area contributed by atoms with E-state index in [1.165, 1.54) is 36.8 Å². The fraction of sp³-hybridized carbons (Fsp3) is 0.667. The van der Waals surface area contributed by atoms with Crippen molar-refractivity contribution in [3.63, 3.8) is 0 Å². The highest BCUT2D eigenvalue weighted by molar-refractivity contribution is 5.80. The van der Waals surface area contributed by atoms with Gasteiger partial charge in [-0.05, 0) is 49.4 Å². The lowest BCUT2D eigenvalue weighted by atomic mass is 9.99. The molecule has 150 valence electrons. The highest BCUT2D eigenvalue weighted by Crippen LogP contribution is 2.33. The van der Waals surface area contributed by atoms with E-state index in [2.05, 4.69) is 34.6 Å². The molecule has 0 atom stereocenters. The predicted octanol–water partition coefficient (Wildman–Crippen LogP) is 2.56. The number of ether oxygens (including phenoxy) is 2. The van der Waals surface area contributed by atoms with Gasteiger partial charge in [-0.2, -0.15) is 0 Å². The van der Waals surface area contributed by atoms with Gasteiger partial charge in [-0.1, -0.05) is 12.8 Å². The fourth-order valence-electron chi connectivity index (χ4n) is 4.02. The molecule has 2 aliphatic rings. The molecule has 2 N–H and O–H groups in total. The largest absolute Gasteiger partial charge is 0.493 e. The van der Waals surface area contributed by atoms with Crippen LogP contribution >= 0.6 is 0 Å². The molecule has 0 spiro atoms. The molecule has 0 aromatic heterocycles. The second kappa shape index (κ2) is 9.83. The molecule has 1 aliphatic heterocycles. The average Bonchev–Trinajstić information content (AvgIpc) is 3.20. The summed E-state index contributed by atoms with van der Waals surface area (Å²) in [5.74, 6) is 2.60. The molecule has 1 aromatic rings. The van der Waals surface area contributed by atoms with Gasteiger partial charge >= 0.3 is 0 Å². The smallest absolute Gasteiger partial charge is 0.191 e. The second-order valence-electron chi connectivity index (χ2n) is 7.39. The van der Waals surface area contributed by atoms with E-state index in [4.69, 9.17) is 14.5 Å². The summed E-state index contributed by atoms with van der Waals surface area (Å²) in [4.78, 5) is 7.27. The van der Waals surface area contributed by atoms with Crippen LogP contribution in [0.5, 0.6) is 11.5 Å². The Morgan fingerprint density at radius 3 is 2.52 bits per heavy atom. The van der Waals surface area contributed by atoms with Crippen LogP contribution in [-0.2, 0) is 13.0 Å². The lowest BCUT2D eigenvalue weighted by Crippen LogP contribution is -2.43. The molecular formula is C21H34N4O2. The maximum absolute atomic E-state index is 5.46. The van der Waals surface area contributed by atoms with Gasteiger partial charge in [-0.15, -0.1) is 0 Å². The fourth-order valence-corrected chi connectivity index (χ4v) is 4.02. The minimum atomic E-state index is 0.590. The highest BCUT2D eigenvalue weighted by Gasteiger charge is 2.19. The van der Waals surface area contributed by atoms with E-state index in [9.17, 15) is 0 Å². The maximum atomic E-state index is 5.46. The summed E-state index contributed by atoms with van der Waals surface area (Å²) in [7, 11) is 3.39. The van der Waals surface area contributed by atoms with Crippen LogP contribution in [0, 0.1) is 0 Å². The van der Waals surface area contributed by atoms with Crippen molar-refractivity contribution in [1.29, 1.82) is 0 Å². The lowest BCUT2D eigenvalue weighted by Gasteiger charge is -2.29. The minimum absolute atomic E-state index is 0.590. The van der Waals surface area contributed by atoms with Gasteiger partial charge in [0.05, 0.1) is 20.8 Å².